The van der Waals surface area contributed by atoms with E-state index in [1.54, 1.807) is 28.9 Å². The quantitative estimate of drug-likeness (QED) is 0.431. The topological polar surface area (TPSA) is 105 Å². The van der Waals surface area contributed by atoms with Crippen LogP contribution < -0.4 is 15.6 Å². The van der Waals surface area contributed by atoms with Gasteiger partial charge in [0.05, 0.1) is 33.7 Å². The Morgan fingerprint density at radius 3 is 2.50 bits per heavy atom. The van der Waals surface area contributed by atoms with Crippen LogP contribution in [0.1, 0.15) is 48.7 Å². The van der Waals surface area contributed by atoms with Gasteiger partial charge >= 0.3 is 0 Å². The molecule has 0 unspecified atom stereocenters. The number of rotatable bonds is 8. The molecule has 0 bridgehead atoms. The number of hydrogen-bond donors (Lipinski definition) is 3. The predicted octanol–water partition coefficient (Wildman–Crippen LogP) is 3.85. The summed E-state index contributed by atoms with van der Waals surface area (Å²) in [5.41, 5.74) is 7.98. The molecule has 0 spiro atoms. The fraction of sp³-hybridized carbons (Fsp3) is 0.273. The molecule has 0 aliphatic heterocycles. The molecule has 10 heteroatoms. The Bertz CT molecular complexity index is 1230. The summed E-state index contributed by atoms with van der Waals surface area (Å²) in [6.07, 6.45) is 3.26. The summed E-state index contributed by atoms with van der Waals surface area (Å²) in [5.74, 6) is -0.324. The van der Waals surface area contributed by atoms with Crippen LogP contribution >= 0.6 is 11.6 Å². The van der Waals surface area contributed by atoms with E-state index in [1.807, 2.05) is 26.0 Å². The van der Waals surface area contributed by atoms with Crippen LogP contribution in [0.15, 0.2) is 59.6 Å². The van der Waals surface area contributed by atoms with Crippen LogP contribution in [0.4, 0.5) is 5.69 Å². The number of anilines is 1. The molecule has 168 valence electrons. The summed E-state index contributed by atoms with van der Waals surface area (Å²) in [6, 6.07) is 13.5. The Kier molecular flexibility index (Phi) is 6.23. The summed E-state index contributed by atoms with van der Waals surface area (Å²) >= 11 is 6.11. The van der Waals surface area contributed by atoms with Crippen LogP contribution in [0, 0.1) is 0 Å². The third-order valence-electron chi connectivity index (χ3n) is 5.03. The molecule has 1 saturated carbocycles. The Morgan fingerprint density at radius 1 is 1.16 bits per heavy atom. The lowest BCUT2D eigenvalue weighted by atomic mass is 10.1. The molecular formula is C22H24ClN5O3S. The Morgan fingerprint density at radius 2 is 1.88 bits per heavy atom. The van der Waals surface area contributed by atoms with Crippen LogP contribution in [0.2, 0.25) is 5.02 Å². The van der Waals surface area contributed by atoms with Gasteiger partial charge < -0.3 is 0 Å². The second kappa shape index (κ2) is 8.93. The Hall–Kier alpha value is -2.88. The average molecular weight is 474 g/mol. The van der Waals surface area contributed by atoms with Crippen LogP contribution in [0.3, 0.4) is 0 Å². The van der Waals surface area contributed by atoms with Crippen LogP contribution in [0.25, 0.3) is 5.69 Å². The number of sulfonamides is 1. The van der Waals surface area contributed by atoms with Crippen molar-refractivity contribution in [1.29, 1.82) is 0 Å². The molecule has 8 nitrogen and oxygen atoms in total. The second-order valence-electron chi connectivity index (χ2n) is 7.99. The van der Waals surface area contributed by atoms with Crippen molar-refractivity contribution in [2.45, 2.75) is 43.5 Å². The molecule has 1 heterocycles. The molecule has 1 amide bonds. The van der Waals surface area contributed by atoms with Crippen molar-refractivity contribution >= 4 is 33.2 Å². The number of halogens is 1. The van der Waals surface area contributed by atoms with E-state index in [0.717, 1.165) is 24.2 Å². The molecule has 1 aromatic heterocycles. The van der Waals surface area contributed by atoms with Crippen molar-refractivity contribution in [1.82, 2.24) is 19.9 Å². The third kappa shape index (κ3) is 4.95. The van der Waals surface area contributed by atoms with Gasteiger partial charge in [0.25, 0.3) is 5.91 Å². The van der Waals surface area contributed by atoms with Crippen LogP contribution in [-0.2, 0) is 10.0 Å². The molecule has 3 aromatic rings. The molecule has 1 aliphatic carbocycles. The predicted molar refractivity (Wildman–Crippen MR) is 124 cm³/mol. The lowest BCUT2D eigenvalue weighted by Crippen LogP contribution is -2.30. The van der Waals surface area contributed by atoms with Gasteiger partial charge in [0.15, 0.2) is 0 Å². The number of carbonyl (C=O) groups is 1. The minimum atomic E-state index is -3.52. The molecule has 32 heavy (non-hydrogen) atoms. The van der Waals surface area contributed by atoms with Crippen LogP contribution in [-0.4, -0.2) is 30.1 Å². The third-order valence-corrected chi connectivity index (χ3v) is 6.81. The van der Waals surface area contributed by atoms with Gasteiger partial charge in [-0.1, -0.05) is 31.5 Å². The Balaban J connectivity index is 1.47. The highest BCUT2D eigenvalue weighted by Gasteiger charge is 2.28. The molecule has 2 aromatic carbocycles. The van der Waals surface area contributed by atoms with Crippen LogP contribution in [0.5, 0.6) is 0 Å². The molecule has 4 rings (SSSR count). The van der Waals surface area contributed by atoms with E-state index in [2.05, 4.69) is 20.7 Å². The molecule has 1 aliphatic rings. The lowest BCUT2D eigenvalue weighted by Gasteiger charge is -2.14. The smallest absolute Gasteiger partial charge is 0.273 e. The maximum absolute atomic E-state index is 12.9. The van der Waals surface area contributed by atoms with Crippen molar-refractivity contribution in [2.24, 2.45) is 0 Å². The second-order valence-corrected chi connectivity index (χ2v) is 10.1. The first-order valence-corrected chi connectivity index (χ1v) is 12.1. The zero-order chi connectivity index (χ0) is 22.9. The number of hydrogen-bond acceptors (Lipinski definition) is 5. The first-order valence-electron chi connectivity index (χ1n) is 10.3. The summed E-state index contributed by atoms with van der Waals surface area (Å²) < 4.78 is 28.9. The Labute approximate surface area is 192 Å². The number of nitrogens with one attached hydrogen (secondary N) is 3. The SMILES string of the molecule is CC(C)c1c(C(=O)NNc2ccc(S(=O)(=O)NC3CC3)cc2)cnn1-c1cccc(Cl)c1. The van der Waals surface area contributed by atoms with Gasteiger partial charge in [-0.25, -0.2) is 17.8 Å². The maximum atomic E-state index is 12.9. The van der Waals surface area contributed by atoms with Gasteiger partial charge in [-0.15, -0.1) is 0 Å². The summed E-state index contributed by atoms with van der Waals surface area (Å²) in [4.78, 5) is 13.0. The first-order chi connectivity index (χ1) is 15.2. The van der Waals surface area contributed by atoms with E-state index in [0.29, 0.717) is 16.3 Å². The number of nitrogens with zero attached hydrogens (tertiary/aromatic N) is 2. The molecular weight excluding hydrogens is 450 g/mol. The van der Waals surface area contributed by atoms with Crippen molar-refractivity contribution in [3.63, 3.8) is 0 Å². The largest absolute Gasteiger partial charge is 0.298 e. The van der Waals surface area contributed by atoms with Crippen molar-refractivity contribution in [3.05, 3.63) is 71.0 Å². The lowest BCUT2D eigenvalue weighted by molar-refractivity contribution is 0.0961. The van der Waals surface area contributed by atoms with Crippen molar-refractivity contribution in [3.8, 4) is 5.69 Å². The zero-order valence-electron chi connectivity index (χ0n) is 17.7. The van der Waals surface area contributed by atoms with E-state index in [4.69, 9.17) is 11.6 Å². The minimum absolute atomic E-state index is 0.0284. The van der Waals surface area contributed by atoms with Gasteiger partial charge in [0, 0.05) is 11.1 Å². The minimum Gasteiger partial charge on any atom is -0.298 e. The molecule has 1 fully saturated rings. The summed E-state index contributed by atoms with van der Waals surface area (Å²) in [6.45, 7) is 3.97. The molecule has 0 saturated heterocycles. The monoisotopic (exact) mass is 473 g/mol. The van der Waals surface area contributed by atoms with Gasteiger partial charge in [-0.2, -0.15) is 5.10 Å². The number of hydrazine groups is 1. The standard InChI is InChI=1S/C22H24ClN5O3S/c1-14(2)21-20(13-24-28(21)18-5-3-4-15(23)12-18)22(29)26-25-16-8-10-19(11-9-16)32(30,31)27-17-6-7-17/h3-5,8-14,17,25,27H,6-7H2,1-2H3,(H,26,29). The summed E-state index contributed by atoms with van der Waals surface area (Å²) in [7, 11) is -3.52. The van der Waals surface area contributed by atoms with E-state index < -0.39 is 10.0 Å². The molecule has 0 atom stereocenters. The summed E-state index contributed by atoms with van der Waals surface area (Å²) in [5, 5.41) is 4.97. The van der Waals surface area contributed by atoms with Gasteiger partial charge in [-0.05, 0) is 61.2 Å². The number of benzene rings is 2. The highest BCUT2D eigenvalue weighted by molar-refractivity contribution is 7.89. The first kappa shape index (κ1) is 22.3. The maximum Gasteiger partial charge on any atom is 0.273 e. The highest BCUT2D eigenvalue weighted by atomic mass is 35.5. The molecule has 3 N–H and O–H groups in total. The molecule has 0 radical (unpaired) electrons. The van der Waals surface area contributed by atoms with Gasteiger partial charge in [-0.3, -0.25) is 15.6 Å². The fourth-order valence-electron chi connectivity index (χ4n) is 3.30. The van der Waals surface area contributed by atoms with Gasteiger partial charge in [0.2, 0.25) is 10.0 Å². The number of aromatic nitrogens is 2. The van der Waals surface area contributed by atoms with E-state index in [9.17, 15) is 13.2 Å². The van der Waals surface area contributed by atoms with Crippen molar-refractivity contribution in [2.75, 3.05) is 5.43 Å². The van der Waals surface area contributed by atoms with Gasteiger partial charge in [0.1, 0.15) is 0 Å². The number of carbonyl (C=O) groups excluding carboxylic acids is 1. The van der Waals surface area contributed by atoms with E-state index in [1.165, 1.54) is 18.3 Å². The average Bonchev–Trinajstić information content (AvgIpc) is 3.44. The number of amides is 1. The normalized spacial score (nSPS) is 13.9. The zero-order valence-corrected chi connectivity index (χ0v) is 19.2. The fourth-order valence-corrected chi connectivity index (χ4v) is 4.79. The van der Waals surface area contributed by atoms with E-state index >= 15 is 0 Å². The van der Waals surface area contributed by atoms with Crippen molar-refractivity contribution < 1.29 is 13.2 Å². The van der Waals surface area contributed by atoms with E-state index in [-0.39, 0.29) is 22.8 Å². The highest BCUT2D eigenvalue weighted by Crippen LogP contribution is 2.25.